The molecule has 0 bridgehead atoms. The van der Waals surface area contributed by atoms with Gasteiger partial charge in [-0.05, 0) is 61.4 Å². The van der Waals surface area contributed by atoms with Gasteiger partial charge in [0.05, 0.1) is 60.6 Å². The lowest BCUT2D eigenvalue weighted by atomic mass is 10.1. The molecule has 1 fully saturated rings. The summed E-state index contributed by atoms with van der Waals surface area (Å²) in [4.78, 5) is 73.1. The van der Waals surface area contributed by atoms with Crippen LogP contribution in [0.5, 0.6) is 0 Å². The molecule has 350 valence electrons. The molecule has 1 aliphatic heterocycles. The van der Waals surface area contributed by atoms with E-state index in [0.717, 1.165) is 32.5 Å². The molecule has 0 unspecified atom stereocenters. The highest BCUT2D eigenvalue weighted by molar-refractivity contribution is 7.17. The van der Waals surface area contributed by atoms with E-state index in [9.17, 15) is 29.1 Å². The summed E-state index contributed by atoms with van der Waals surface area (Å²) in [6.07, 6.45) is 1.65. The van der Waals surface area contributed by atoms with Crippen LogP contribution in [0, 0.1) is 13.8 Å². The number of nitrogens with zero attached hydrogens (tertiary/aromatic N) is 3. The maximum atomic E-state index is 13.5. The second-order valence-corrected chi connectivity index (χ2v) is 17.1. The van der Waals surface area contributed by atoms with Crippen molar-refractivity contribution in [2.24, 2.45) is 0 Å². The molecule has 5 N–H and O–H groups in total. The van der Waals surface area contributed by atoms with Crippen LogP contribution in [-0.2, 0) is 20.8 Å². The molecule has 0 atom stereocenters. The molecule has 4 aromatic carbocycles. The van der Waals surface area contributed by atoms with Gasteiger partial charge in [-0.25, -0.2) is 9.78 Å². The number of carbonyl (C=O) groups is 4. The van der Waals surface area contributed by atoms with Gasteiger partial charge in [0.25, 0.3) is 11.8 Å². The molecule has 16 nitrogen and oxygen atoms in total. The van der Waals surface area contributed by atoms with Gasteiger partial charge in [0, 0.05) is 83.9 Å². The number of anilines is 5. The molecule has 4 heterocycles. The minimum atomic E-state index is -1.04. The zero-order chi connectivity index (χ0) is 47.6. The summed E-state index contributed by atoms with van der Waals surface area (Å²) in [5, 5.41) is 25.0. The maximum Gasteiger partial charge on any atom is 0.337 e. The van der Waals surface area contributed by atoms with E-state index < -0.39 is 5.97 Å². The van der Waals surface area contributed by atoms with Gasteiger partial charge in [-0.3, -0.25) is 19.2 Å². The number of carbonyl (C=O) groups excluding carboxylic acids is 3. The van der Waals surface area contributed by atoms with Crippen LogP contribution in [0.25, 0.3) is 21.1 Å². The minimum absolute atomic E-state index is 0.0464. The van der Waals surface area contributed by atoms with Crippen LogP contribution in [0.15, 0.2) is 118 Å². The number of thiophene rings is 1. The predicted octanol–water partition coefficient (Wildman–Crippen LogP) is 7.83. The summed E-state index contributed by atoms with van der Waals surface area (Å²) in [7, 11) is 0. The van der Waals surface area contributed by atoms with Crippen molar-refractivity contribution in [2.75, 3.05) is 80.0 Å². The summed E-state index contributed by atoms with van der Waals surface area (Å²) in [5.74, 6) is -0.987. The number of para-hydroxylation sites is 2. The van der Waals surface area contributed by atoms with Gasteiger partial charge in [-0.1, -0.05) is 54.6 Å². The number of hydrogen-bond donors (Lipinski definition) is 5. The zero-order valence-electron chi connectivity index (χ0n) is 37.6. The predicted molar refractivity (Wildman–Crippen MR) is 264 cm³/mol. The van der Waals surface area contributed by atoms with E-state index in [1.807, 2.05) is 78.7 Å². The Morgan fingerprint density at radius 3 is 2.31 bits per heavy atom. The Kier molecular flexibility index (Phi) is 15.0. The minimum Gasteiger partial charge on any atom is -0.478 e. The normalized spacial score (nSPS) is 12.6. The van der Waals surface area contributed by atoms with E-state index in [0.29, 0.717) is 65.8 Å². The third-order valence-electron chi connectivity index (χ3n) is 11.5. The van der Waals surface area contributed by atoms with Gasteiger partial charge in [0.15, 0.2) is 17.1 Å². The molecule has 0 radical (unpaired) electrons. The van der Waals surface area contributed by atoms with E-state index in [1.165, 1.54) is 29.7 Å². The number of ether oxygens (including phenoxy) is 2. The highest BCUT2D eigenvalue weighted by Gasteiger charge is 2.24. The average Bonchev–Trinajstić information content (AvgIpc) is 3.78. The van der Waals surface area contributed by atoms with Gasteiger partial charge in [-0.15, -0.1) is 11.3 Å². The van der Waals surface area contributed by atoms with Gasteiger partial charge >= 0.3 is 5.97 Å². The van der Waals surface area contributed by atoms with E-state index in [1.54, 1.807) is 35.2 Å². The molecule has 1 saturated heterocycles. The van der Waals surface area contributed by atoms with Gasteiger partial charge in [0.1, 0.15) is 5.58 Å². The first kappa shape index (κ1) is 46.9. The highest BCUT2D eigenvalue weighted by atomic mass is 32.1. The molecule has 68 heavy (non-hydrogen) atoms. The summed E-state index contributed by atoms with van der Waals surface area (Å²) < 4.78 is 18.7. The lowest BCUT2D eigenvalue weighted by Gasteiger charge is -2.35. The SMILES string of the molecule is Cc1cc(CNc2ccccc2C(=O)O)c2oc(N3CCN(C(=O)CCOCCOCCNC(=O)c4cnc(Nc5ccccc5C)c(NC(=O)c5csc6ccccc56)c4)CC3)cc(=O)c2c1. The number of aromatic nitrogens is 1. The first-order valence-electron chi connectivity index (χ1n) is 22.2. The molecule has 0 aliphatic carbocycles. The van der Waals surface area contributed by atoms with Crippen LogP contribution >= 0.6 is 11.3 Å². The van der Waals surface area contributed by atoms with Crippen LogP contribution < -0.4 is 31.6 Å². The quantitative estimate of drug-likeness (QED) is 0.0491. The van der Waals surface area contributed by atoms with Crippen LogP contribution in [0.1, 0.15) is 54.2 Å². The Labute approximate surface area is 395 Å². The maximum absolute atomic E-state index is 13.5. The summed E-state index contributed by atoms with van der Waals surface area (Å²) in [5.41, 5.74) is 5.37. The number of amides is 3. The lowest BCUT2D eigenvalue weighted by molar-refractivity contribution is -0.132. The number of carboxylic acids is 1. The summed E-state index contributed by atoms with van der Waals surface area (Å²) >= 11 is 1.48. The van der Waals surface area contributed by atoms with Crippen LogP contribution in [0.3, 0.4) is 0 Å². The van der Waals surface area contributed by atoms with E-state index in [4.69, 9.17) is 13.9 Å². The molecule has 0 spiro atoms. The topological polar surface area (TPSA) is 205 Å². The number of benzene rings is 4. The Balaban J connectivity index is 0.760. The molecule has 3 amide bonds. The fraction of sp³-hybridized carbons (Fsp3) is 0.255. The van der Waals surface area contributed by atoms with Gasteiger partial charge in [-0.2, -0.15) is 0 Å². The van der Waals surface area contributed by atoms with Gasteiger partial charge < -0.3 is 50.1 Å². The molecule has 7 aromatic rings. The zero-order valence-corrected chi connectivity index (χ0v) is 38.5. The number of hydrogen-bond acceptors (Lipinski definition) is 13. The number of carboxylic acid groups (broad SMARTS) is 1. The molecular formula is C51H51N7O9S. The third kappa shape index (κ3) is 11.3. The Morgan fingerprint density at radius 2 is 1.51 bits per heavy atom. The number of piperazine rings is 1. The van der Waals surface area contributed by atoms with Gasteiger partial charge in [0.2, 0.25) is 5.91 Å². The summed E-state index contributed by atoms with van der Waals surface area (Å²) in [6.45, 7) is 7.11. The molecule has 17 heteroatoms. The van der Waals surface area contributed by atoms with Crippen molar-refractivity contribution in [2.45, 2.75) is 26.8 Å². The first-order chi connectivity index (χ1) is 33.0. The fourth-order valence-electron chi connectivity index (χ4n) is 7.90. The van der Waals surface area contributed by atoms with Crippen molar-refractivity contribution in [3.8, 4) is 0 Å². The van der Waals surface area contributed by atoms with E-state index in [-0.39, 0.29) is 80.2 Å². The number of rotatable bonds is 19. The number of nitrogens with one attached hydrogen (secondary N) is 4. The second kappa shape index (κ2) is 21.8. The number of fused-ring (bicyclic) bond motifs is 2. The number of pyridine rings is 1. The average molecular weight is 938 g/mol. The van der Waals surface area contributed by atoms with Crippen LogP contribution in [-0.4, -0.2) is 97.8 Å². The van der Waals surface area contributed by atoms with Crippen LogP contribution in [0.4, 0.5) is 28.8 Å². The van der Waals surface area contributed by atoms with E-state index >= 15 is 0 Å². The molecular weight excluding hydrogens is 887 g/mol. The first-order valence-corrected chi connectivity index (χ1v) is 23.1. The number of aromatic carboxylic acids is 1. The van der Waals surface area contributed by atoms with Crippen molar-refractivity contribution < 1.29 is 38.2 Å². The van der Waals surface area contributed by atoms with Crippen molar-refractivity contribution in [1.82, 2.24) is 15.2 Å². The molecule has 0 saturated carbocycles. The Morgan fingerprint density at radius 1 is 0.779 bits per heavy atom. The highest BCUT2D eigenvalue weighted by Crippen LogP contribution is 2.31. The summed E-state index contributed by atoms with van der Waals surface area (Å²) in [6, 6.07) is 28.8. The standard InChI is InChI=1S/C51H51N7O9S/c1-32-25-34(29-53-41-13-7-4-11-37(41)51(63)64)47-38(26-32)43(59)28-46(67-47)58-19-17-57(18-20-58)45(60)15-21-65-23-24-66-22-16-52-49(61)35-27-42(48(54-30-35)55-40-12-6-3-9-33(40)2)56-50(62)39-31-68-44-14-8-5-10-36(39)44/h3-14,25-28,30-31,53H,15-24,29H2,1-2H3,(H,52,61)(H,54,55)(H,56,62)(H,63,64). The van der Waals surface area contributed by atoms with Crippen molar-refractivity contribution in [1.29, 1.82) is 0 Å². The number of aryl methyl sites for hydroxylation is 2. The molecule has 1 aliphatic rings. The Hall–Kier alpha value is -7.60. The second-order valence-electron chi connectivity index (χ2n) is 16.2. The van der Waals surface area contributed by atoms with E-state index in [2.05, 4.69) is 26.3 Å². The van der Waals surface area contributed by atoms with Crippen LogP contribution in [0.2, 0.25) is 0 Å². The largest absolute Gasteiger partial charge is 0.478 e. The third-order valence-corrected chi connectivity index (χ3v) is 12.5. The molecule has 8 rings (SSSR count). The van der Waals surface area contributed by atoms with Crippen molar-refractivity contribution >= 4 is 84.8 Å². The lowest BCUT2D eigenvalue weighted by Crippen LogP contribution is -2.49. The monoisotopic (exact) mass is 937 g/mol. The van der Waals surface area contributed by atoms with Crippen molar-refractivity contribution in [3.05, 3.63) is 152 Å². The smallest absolute Gasteiger partial charge is 0.337 e. The fourth-order valence-corrected chi connectivity index (χ4v) is 8.84. The molecule has 3 aromatic heterocycles. The van der Waals surface area contributed by atoms with Crippen molar-refractivity contribution in [3.63, 3.8) is 0 Å². The Bertz CT molecular complexity index is 3040.